The van der Waals surface area contributed by atoms with E-state index in [2.05, 4.69) is 5.32 Å². The van der Waals surface area contributed by atoms with Crippen molar-refractivity contribution in [1.29, 1.82) is 0 Å². The molecule has 1 aromatic rings. The quantitative estimate of drug-likeness (QED) is 0.930. The lowest BCUT2D eigenvalue weighted by atomic mass is 9.95. The molecule has 0 unspecified atom stereocenters. The topological polar surface area (TPSA) is 58.6 Å². The minimum atomic E-state index is -0.0976. The van der Waals surface area contributed by atoms with E-state index in [4.69, 9.17) is 16.3 Å². The molecule has 1 fully saturated rings. The number of anilines is 1. The van der Waals surface area contributed by atoms with E-state index >= 15 is 0 Å². The second-order valence-corrected chi connectivity index (χ2v) is 6.01. The molecular formula is C16H21ClN2O3. The Labute approximate surface area is 135 Å². The number of nitrogens with zero attached hydrogens (tertiary/aromatic N) is 1. The zero-order valence-corrected chi connectivity index (χ0v) is 13.9. The summed E-state index contributed by atoms with van der Waals surface area (Å²) in [6, 6.07) is 3.48. The molecule has 0 spiro atoms. The van der Waals surface area contributed by atoms with Crippen LogP contribution in [0.25, 0.3) is 0 Å². The number of amides is 2. The number of piperidine rings is 1. The van der Waals surface area contributed by atoms with Gasteiger partial charge >= 0.3 is 0 Å². The van der Waals surface area contributed by atoms with Crippen molar-refractivity contribution in [2.75, 3.05) is 25.5 Å². The number of hydrogen-bond acceptors (Lipinski definition) is 3. The number of aryl methyl sites for hydroxylation is 1. The number of halogens is 1. The van der Waals surface area contributed by atoms with Crippen molar-refractivity contribution < 1.29 is 14.3 Å². The number of benzene rings is 1. The van der Waals surface area contributed by atoms with E-state index in [1.807, 2.05) is 6.92 Å². The highest BCUT2D eigenvalue weighted by atomic mass is 35.5. The Balaban J connectivity index is 2.05. The Bertz CT molecular complexity index is 581. The number of hydrogen-bond donors (Lipinski definition) is 1. The minimum absolute atomic E-state index is 0.0526. The van der Waals surface area contributed by atoms with Crippen LogP contribution in [0.15, 0.2) is 12.1 Å². The maximum atomic E-state index is 12.4. The van der Waals surface area contributed by atoms with Crippen LogP contribution >= 0.6 is 11.6 Å². The second-order valence-electron chi connectivity index (χ2n) is 5.57. The first-order valence-electron chi connectivity index (χ1n) is 7.33. The molecular weight excluding hydrogens is 304 g/mol. The third-order valence-electron chi connectivity index (χ3n) is 4.01. The molecule has 0 atom stereocenters. The van der Waals surface area contributed by atoms with E-state index in [1.54, 1.807) is 31.1 Å². The SMILES string of the molecule is COc1c(C)cc(Cl)cc1NC(=O)C1CCN(C(C)=O)CC1. The van der Waals surface area contributed by atoms with Crippen molar-refractivity contribution in [3.8, 4) is 5.75 Å². The van der Waals surface area contributed by atoms with Crippen molar-refractivity contribution in [1.82, 2.24) is 4.90 Å². The van der Waals surface area contributed by atoms with Crippen molar-refractivity contribution in [3.63, 3.8) is 0 Å². The molecule has 0 bridgehead atoms. The Morgan fingerprint density at radius 3 is 2.50 bits per heavy atom. The van der Waals surface area contributed by atoms with Gasteiger partial charge in [0.05, 0.1) is 12.8 Å². The molecule has 0 aliphatic carbocycles. The summed E-state index contributed by atoms with van der Waals surface area (Å²) in [5, 5.41) is 3.46. The number of nitrogens with one attached hydrogen (secondary N) is 1. The zero-order valence-electron chi connectivity index (χ0n) is 13.1. The van der Waals surface area contributed by atoms with Gasteiger partial charge < -0.3 is 15.0 Å². The third-order valence-corrected chi connectivity index (χ3v) is 4.23. The van der Waals surface area contributed by atoms with Gasteiger partial charge in [0.15, 0.2) is 0 Å². The Hall–Kier alpha value is -1.75. The summed E-state index contributed by atoms with van der Waals surface area (Å²) in [4.78, 5) is 25.5. The van der Waals surface area contributed by atoms with Crippen LogP contribution in [0.3, 0.4) is 0 Å². The van der Waals surface area contributed by atoms with Gasteiger partial charge in [-0.2, -0.15) is 0 Å². The van der Waals surface area contributed by atoms with Crippen LogP contribution in [0, 0.1) is 12.8 Å². The van der Waals surface area contributed by atoms with Crippen LogP contribution in [0.4, 0.5) is 5.69 Å². The van der Waals surface area contributed by atoms with E-state index in [-0.39, 0.29) is 17.7 Å². The molecule has 1 heterocycles. The molecule has 2 amide bonds. The van der Waals surface area contributed by atoms with Gasteiger partial charge in [0.2, 0.25) is 11.8 Å². The molecule has 120 valence electrons. The smallest absolute Gasteiger partial charge is 0.227 e. The molecule has 1 N–H and O–H groups in total. The number of rotatable bonds is 3. The molecule has 22 heavy (non-hydrogen) atoms. The van der Waals surface area contributed by atoms with Crippen LogP contribution < -0.4 is 10.1 Å². The molecule has 1 aliphatic rings. The first-order valence-corrected chi connectivity index (χ1v) is 7.70. The molecule has 1 aromatic carbocycles. The Kier molecular flexibility index (Phi) is 5.29. The highest BCUT2D eigenvalue weighted by Crippen LogP contribution is 2.33. The maximum Gasteiger partial charge on any atom is 0.227 e. The fourth-order valence-corrected chi connectivity index (χ4v) is 3.06. The van der Waals surface area contributed by atoms with Gasteiger partial charge in [-0.05, 0) is 37.5 Å². The van der Waals surface area contributed by atoms with Crippen molar-refractivity contribution >= 4 is 29.1 Å². The van der Waals surface area contributed by atoms with Gasteiger partial charge in [-0.15, -0.1) is 0 Å². The second kappa shape index (κ2) is 7.01. The summed E-state index contributed by atoms with van der Waals surface area (Å²) in [6.07, 6.45) is 1.35. The van der Waals surface area contributed by atoms with Crippen molar-refractivity contribution in [2.45, 2.75) is 26.7 Å². The van der Waals surface area contributed by atoms with E-state index in [1.165, 1.54) is 0 Å². The normalized spacial score (nSPS) is 15.5. The first kappa shape index (κ1) is 16.6. The fourth-order valence-electron chi connectivity index (χ4n) is 2.79. The van der Waals surface area contributed by atoms with E-state index in [0.717, 1.165) is 5.56 Å². The van der Waals surface area contributed by atoms with Gasteiger partial charge in [-0.1, -0.05) is 11.6 Å². The average molecular weight is 325 g/mol. The molecule has 1 saturated heterocycles. The lowest BCUT2D eigenvalue weighted by Gasteiger charge is -2.30. The maximum absolute atomic E-state index is 12.4. The van der Waals surface area contributed by atoms with Crippen molar-refractivity contribution in [2.24, 2.45) is 5.92 Å². The fraction of sp³-hybridized carbons (Fsp3) is 0.500. The van der Waals surface area contributed by atoms with Crippen LogP contribution in [0.5, 0.6) is 5.75 Å². The standard InChI is InChI=1S/C16H21ClN2O3/c1-10-8-13(17)9-14(15(10)22-3)18-16(21)12-4-6-19(7-5-12)11(2)20/h8-9,12H,4-7H2,1-3H3,(H,18,21). The van der Waals surface area contributed by atoms with Gasteiger partial charge in [-0.25, -0.2) is 0 Å². The molecule has 0 saturated carbocycles. The molecule has 1 aliphatic heterocycles. The zero-order chi connectivity index (χ0) is 16.3. The summed E-state index contributed by atoms with van der Waals surface area (Å²) < 4.78 is 5.34. The summed E-state index contributed by atoms with van der Waals surface area (Å²) in [7, 11) is 1.57. The first-order chi connectivity index (χ1) is 10.4. The Morgan fingerprint density at radius 1 is 1.32 bits per heavy atom. The third kappa shape index (κ3) is 3.71. The molecule has 0 aromatic heterocycles. The van der Waals surface area contributed by atoms with Crippen LogP contribution in [0.2, 0.25) is 5.02 Å². The van der Waals surface area contributed by atoms with Gasteiger partial charge in [0.1, 0.15) is 5.75 Å². The number of carbonyl (C=O) groups is 2. The largest absolute Gasteiger partial charge is 0.494 e. The van der Waals surface area contributed by atoms with E-state index in [9.17, 15) is 9.59 Å². The minimum Gasteiger partial charge on any atom is -0.494 e. The summed E-state index contributed by atoms with van der Waals surface area (Å²) in [6.45, 7) is 4.68. The lowest BCUT2D eigenvalue weighted by molar-refractivity contribution is -0.132. The average Bonchev–Trinajstić information content (AvgIpc) is 2.47. The van der Waals surface area contributed by atoms with Crippen LogP contribution in [-0.2, 0) is 9.59 Å². The predicted molar refractivity (Wildman–Crippen MR) is 86.3 cm³/mol. The molecule has 6 heteroatoms. The van der Waals surface area contributed by atoms with Crippen LogP contribution in [0.1, 0.15) is 25.3 Å². The van der Waals surface area contributed by atoms with E-state index < -0.39 is 0 Å². The Morgan fingerprint density at radius 2 is 1.95 bits per heavy atom. The van der Waals surface area contributed by atoms with Gasteiger partial charge in [0, 0.05) is 31.0 Å². The summed E-state index contributed by atoms with van der Waals surface area (Å²) >= 11 is 6.05. The predicted octanol–water partition coefficient (Wildman–Crippen LogP) is 2.85. The molecule has 5 nitrogen and oxygen atoms in total. The lowest BCUT2D eigenvalue weighted by Crippen LogP contribution is -2.40. The van der Waals surface area contributed by atoms with Gasteiger partial charge in [0.25, 0.3) is 0 Å². The monoisotopic (exact) mass is 324 g/mol. The van der Waals surface area contributed by atoms with E-state index in [0.29, 0.717) is 42.4 Å². The van der Waals surface area contributed by atoms with Gasteiger partial charge in [-0.3, -0.25) is 9.59 Å². The summed E-state index contributed by atoms with van der Waals surface area (Å²) in [5.41, 5.74) is 1.46. The number of ether oxygens (including phenoxy) is 1. The highest BCUT2D eigenvalue weighted by molar-refractivity contribution is 6.31. The van der Waals surface area contributed by atoms with Crippen molar-refractivity contribution in [3.05, 3.63) is 22.7 Å². The highest BCUT2D eigenvalue weighted by Gasteiger charge is 2.26. The molecule has 0 radical (unpaired) electrons. The number of likely N-dealkylation sites (tertiary alicyclic amines) is 1. The molecule has 2 rings (SSSR count). The number of methoxy groups -OCH3 is 1. The summed E-state index contributed by atoms with van der Waals surface area (Å²) in [5.74, 6) is 0.535. The van der Waals surface area contributed by atoms with Crippen LogP contribution in [-0.4, -0.2) is 36.9 Å². The number of carbonyl (C=O) groups excluding carboxylic acids is 2.